The number of carbonyl (C=O) groups is 1. The predicted molar refractivity (Wildman–Crippen MR) is 69.8 cm³/mol. The van der Waals surface area contributed by atoms with Crippen LogP contribution in [-0.4, -0.2) is 17.4 Å². The number of aryl methyl sites for hydroxylation is 2. The van der Waals surface area contributed by atoms with Crippen LogP contribution in [0.15, 0.2) is 23.2 Å². The zero-order valence-electron chi connectivity index (χ0n) is 10.8. The van der Waals surface area contributed by atoms with Gasteiger partial charge in [0, 0.05) is 5.56 Å². The van der Waals surface area contributed by atoms with E-state index in [2.05, 4.69) is 17.1 Å². The molecule has 1 heterocycles. The number of esters is 1. The molecule has 3 nitrogen and oxygen atoms in total. The van der Waals surface area contributed by atoms with Crippen LogP contribution >= 0.6 is 0 Å². The van der Waals surface area contributed by atoms with Gasteiger partial charge < -0.3 is 4.74 Å². The number of ether oxygens (including phenoxy) is 1. The van der Waals surface area contributed by atoms with Gasteiger partial charge in [-0.25, -0.2) is 9.79 Å². The molecule has 1 atom stereocenters. The van der Waals surface area contributed by atoms with E-state index in [0.29, 0.717) is 12.3 Å². The zero-order chi connectivity index (χ0) is 12.8. The van der Waals surface area contributed by atoms with Gasteiger partial charge in [0.25, 0.3) is 0 Å². The minimum absolute atomic E-state index is 0.236. The lowest BCUT2D eigenvalue weighted by atomic mass is 10.0. The fraction of sp³-hybridized carbons (Fsp3) is 0.467. The summed E-state index contributed by atoms with van der Waals surface area (Å²) in [6, 6.07) is 6.27. The second-order valence-electron chi connectivity index (χ2n) is 5.27. The van der Waals surface area contributed by atoms with E-state index in [0.717, 1.165) is 18.4 Å². The molecule has 3 heteroatoms. The van der Waals surface area contributed by atoms with Crippen molar-refractivity contribution in [3.63, 3.8) is 0 Å². The highest BCUT2D eigenvalue weighted by atomic mass is 16.6. The smallest absolute Gasteiger partial charge is 0.340 e. The molecule has 0 saturated heterocycles. The maximum atomic E-state index is 11.8. The second kappa shape index (κ2) is 3.94. The summed E-state index contributed by atoms with van der Waals surface area (Å²) in [7, 11) is 0. The van der Waals surface area contributed by atoms with E-state index in [1.54, 1.807) is 0 Å². The van der Waals surface area contributed by atoms with E-state index in [1.807, 2.05) is 19.9 Å². The van der Waals surface area contributed by atoms with Crippen LogP contribution in [0, 0.1) is 0 Å². The van der Waals surface area contributed by atoms with Crippen LogP contribution < -0.4 is 0 Å². The van der Waals surface area contributed by atoms with E-state index < -0.39 is 5.54 Å². The highest BCUT2D eigenvalue weighted by Gasteiger charge is 2.40. The largest absolute Gasteiger partial charge is 0.405 e. The van der Waals surface area contributed by atoms with Crippen molar-refractivity contribution in [3.05, 3.63) is 34.9 Å². The molecule has 0 radical (unpaired) electrons. The first-order chi connectivity index (χ1) is 8.62. The van der Waals surface area contributed by atoms with Crippen LogP contribution in [0.25, 0.3) is 0 Å². The van der Waals surface area contributed by atoms with E-state index in [4.69, 9.17) is 4.74 Å². The third kappa shape index (κ3) is 1.65. The van der Waals surface area contributed by atoms with Crippen LogP contribution in [0.5, 0.6) is 0 Å². The summed E-state index contributed by atoms with van der Waals surface area (Å²) in [6.07, 6.45) is 4.17. The van der Waals surface area contributed by atoms with Crippen LogP contribution in [0.1, 0.15) is 43.4 Å². The minimum Gasteiger partial charge on any atom is -0.405 e. The number of cyclic esters (lactones) is 1. The third-order valence-corrected chi connectivity index (χ3v) is 4.01. The SMILES string of the molecule is CCC1(C)N=C(c2ccc3c(c2)CCC3)OC1=O. The number of fused-ring (bicyclic) bond motifs is 1. The van der Waals surface area contributed by atoms with Crippen molar-refractivity contribution in [2.24, 2.45) is 4.99 Å². The Labute approximate surface area is 107 Å². The van der Waals surface area contributed by atoms with E-state index in [1.165, 1.54) is 17.5 Å². The van der Waals surface area contributed by atoms with Gasteiger partial charge in [-0.05, 0) is 55.9 Å². The minimum atomic E-state index is -0.700. The molecular weight excluding hydrogens is 226 g/mol. The van der Waals surface area contributed by atoms with Crippen LogP contribution in [-0.2, 0) is 22.4 Å². The fourth-order valence-electron chi connectivity index (χ4n) is 2.54. The Morgan fingerprint density at radius 3 is 2.83 bits per heavy atom. The van der Waals surface area contributed by atoms with Crippen molar-refractivity contribution in [1.29, 1.82) is 0 Å². The number of benzene rings is 1. The highest BCUT2D eigenvalue weighted by molar-refractivity contribution is 6.07. The van der Waals surface area contributed by atoms with Crippen LogP contribution in [0.2, 0.25) is 0 Å². The van der Waals surface area contributed by atoms with Crippen LogP contribution in [0.3, 0.4) is 0 Å². The molecule has 0 spiro atoms. The topological polar surface area (TPSA) is 38.7 Å². The second-order valence-corrected chi connectivity index (χ2v) is 5.27. The molecule has 1 unspecified atom stereocenters. The highest BCUT2D eigenvalue weighted by Crippen LogP contribution is 2.28. The van der Waals surface area contributed by atoms with Gasteiger partial charge in [0.2, 0.25) is 5.90 Å². The molecule has 1 aromatic rings. The summed E-state index contributed by atoms with van der Waals surface area (Å²) >= 11 is 0. The van der Waals surface area contributed by atoms with Crippen molar-refractivity contribution < 1.29 is 9.53 Å². The maximum absolute atomic E-state index is 11.8. The number of hydrogen-bond donors (Lipinski definition) is 0. The average molecular weight is 243 g/mol. The molecule has 2 aliphatic rings. The third-order valence-electron chi connectivity index (χ3n) is 4.01. The molecule has 1 aromatic carbocycles. The van der Waals surface area contributed by atoms with Gasteiger partial charge in [-0.2, -0.15) is 0 Å². The number of aliphatic imine (C=N–C) groups is 1. The van der Waals surface area contributed by atoms with Crippen molar-refractivity contribution in [2.45, 2.75) is 45.1 Å². The Morgan fingerprint density at radius 2 is 2.11 bits per heavy atom. The molecule has 1 aliphatic heterocycles. The first-order valence-electron chi connectivity index (χ1n) is 6.57. The molecule has 0 amide bonds. The lowest BCUT2D eigenvalue weighted by molar-refractivity contribution is -0.138. The predicted octanol–water partition coefficient (Wildman–Crippen LogP) is 2.65. The van der Waals surface area contributed by atoms with Crippen LogP contribution in [0.4, 0.5) is 0 Å². The monoisotopic (exact) mass is 243 g/mol. The molecule has 0 saturated carbocycles. The molecule has 0 N–H and O–H groups in total. The molecule has 1 aliphatic carbocycles. The van der Waals surface area contributed by atoms with Gasteiger partial charge in [0.15, 0.2) is 5.54 Å². The van der Waals surface area contributed by atoms with E-state index in [-0.39, 0.29) is 5.97 Å². The summed E-state index contributed by atoms with van der Waals surface area (Å²) < 4.78 is 5.32. The van der Waals surface area contributed by atoms with Crippen molar-refractivity contribution in [1.82, 2.24) is 0 Å². The summed E-state index contributed by atoms with van der Waals surface area (Å²) in [4.78, 5) is 16.3. The van der Waals surface area contributed by atoms with Gasteiger partial charge in [-0.3, -0.25) is 0 Å². The summed E-state index contributed by atoms with van der Waals surface area (Å²) in [5.41, 5.74) is 3.02. The van der Waals surface area contributed by atoms with Crippen molar-refractivity contribution in [2.75, 3.05) is 0 Å². The Kier molecular flexibility index (Phi) is 2.51. The zero-order valence-corrected chi connectivity index (χ0v) is 10.8. The Morgan fingerprint density at radius 1 is 1.33 bits per heavy atom. The quantitative estimate of drug-likeness (QED) is 0.749. The number of carbonyl (C=O) groups excluding carboxylic acids is 1. The molecular formula is C15H17NO2. The standard InChI is InChI=1S/C15H17NO2/c1-3-15(2)14(17)18-13(16-15)12-8-7-10-5-4-6-11(10)9-12/h7-9H,3-6H2,1-2H3. The number of nitrogens with zero attached hydrogens (tertiary/aromatic N) is 1. The Bertz CT molecular complexity index is 547. The van der Waals surface area contributed by atoms with Gasteiger partial charge in [-0.1, -0.05) is 13.0 Å². The average Bonchev–Trinajstić information content (AvgIpc) is 2.94. The van der Waals surface area contributed by atoms with Crippen molar-refractivity contribution >= 4 is 11.9 Å². The Hall–Kier alpha value is -1.64. The Balaban J connectivity index is 1.97. The van der Waals surface area contributed by atoms with Gasteiger partial charge in [-0.15, -0.1) is 0 Å². The number of rotatable bonds is 2. The lowest BCUT2D eigenvalue weighted by Gasteiger charge is -2.11. The number of hydrogen-bond acceptors (Lipinski definition) is 3. The summed E-state index contributed by atoms with van der Waals surface area (Å²) in [5, 5.41) is 0. The molecule has 0 bridgehead atoms. The van der Waals surface area contributed by atoms with Gasteiger partial charge in [0.1, 0.15) is 0 Å². The first kappa shape index (κ1) is 11.5. The van der Waals surface area contributed by atoms with Crippen molar-refractivity contribution in [3.8, 4) is 0 Å². The molecule has 18 heavy (non-hydrogen) atoms. The molecule has 0 fully saturated rings. The fourth-order valence-corrected chi connectivity index (χ4v) is 2.54. The van der Waals surface area contributed by atoms with E-state index >= 15 is 0 Å². The molecule has 94 valence electrons. The summed E-state index contributed by atoms with van der Waals surface area (Å²) in [6.45, 7) is 3.78. The summed E-state index contributed by atoms with van der Waals surface area (Å²) in [5.74, 6) is 0.250. The van der Waals surface area contributed by atoms with Gasteiger partial charge in [0.05, 0.1) is 0 Å². The normalized spacial score (nSPS) is 25.9. The first-order valence-corrected chi connectivity index (χ1v) is 6.57. The van der Waals surface area contributed by atoms with Gasteiger partial charge >= 0.3 is 5.97 Å². The molecule has 0 aromatic heterocycles. The maximum Gasteiger partial charge on any atom is 0.340 e. The molecule has 3 rings (SSSR count). The van der Waals surface area contributed by atoms with E-state index in [9.17, 15) is 4.79 Å². The lowest BCUT2D eigenvalue weighted by Crippen LogP contribution is -2.28.